The first-order valence-corrected chi connectivity index (χ1v) is 7.93. The smallest absolute Gasteiger partial charge is 0.387 e. The van der Waals surface area contributed by atoms with Crippen LogP contribution in [0.2, 0.25) is 0 Å². The maximum atomic E-state index is 12.4. The van der Waals surface area contributed by atoms with Gasteiger partial charge in [-0.05, 0) is 42.6 Å². The minimum atomic E-state index is -2.93. The SMILES string of the molecule is O=C(NCC1=CCCC=C1OC(F)F)n1sc2ncccc2c1=O. The van der Waals surface area contributed by atoms with Crippen molar-refractivity contribution in [2.45, 2.75) is 19.5 Å². The van der Waals surface area contributed by atoms with Gasteiger partial charge in [0, 0.05) is 18.3 Å². The van der Waals surface area contributed by atoms with E-state index < -0.39 is 18.2 Å². The molecule has 0 saturated heterocycles. The Balaban J connectivity index is 1.73. The maximum absolute atomic E-state index is 12.4. The molecule has 24 heavy (non-hydrogen) atoms. The van der Waals surface area contributed by atoms with Gasteiger partial charge in [-0.3, -0.25) is 4.79 Å². The number of allylic oxidation sites excluding steroid dienone is 2. The molecule has 126 valence electrons. The number of hydrogen-bond acceptors (Lipinski definition) is 5. The normalized spacial score (nSPS) is 14.5. The summed E-state index contributed by atoms with van der Waals surface area (Å²) in [5, 5.41) is 2.90. The predicted molar refractivity (Wildman–Crippen MR) is 85.2 cm³/mol. The van der Waals surface area contributed by atoms with Crippen LogP contribution >= 0.6 is 11.5 Å². The van der Waals surface area contributed by atoms with Gasteiger partial charge in [-0.2, -0.15) is 12.7 Å². The van der Waals surface area contributed by atoms with Crippen molar-refractivity contribution in [2.75, 3.05) is 6.54 Å². The van der Waals surface area contributed by atoms with Crippen molar-refractivity contribution in [3.8, 4) is 0 Å². The number of halogens is 2. The van der Waals surface area contributed by atoms with Crippen LogP contribution in [0, 0.1) is 0 Å². The first-order chi connectivity index (χ1) is 11.6. The molecule has 0 fully saturated rings. The van der Waals surface area contributed by atoms with Gasteiger partial charge in [-0.1, -0.05) is 6.08 Å². The Kier molecular flexibility index (Phi) is 4.70. The van der Waals surface area contributed by atoms with E-state index >= 15 is 0 Å². The molecule has 0 radical (unpaired) electrons. The number of hydrogen-bond donors (Lipinski definition) is 1. The highest BCUT2D eigenvalue weighted by molar-refractivity contribution is 7.14. The summed E-state index contributed by atoms with van der Waals surface area (Å²) < 4.78 is 30.2. The highest BCUT2D eigenvalue weighted by Crippen LogP contribution is 2.21. The number of rotatable bonds is 4. The van der Waals surface area contributed by atoms with Crippen molar-refractivity contribution in [2.24, 2.45) is 0 Å². The number of pyridine rings is 1. The number of alkyl halides is 2. The number of fused-ring (bicyclic) bond motifs is 1. The Morgan fingerprint density at radius 2 is 2.21 bits per heavy atom. The molecule has 1 aliphatic rings. The fraction of sp³-hybridized carbons (Fsp3) is 0.267. The summed E-state index contributed by atoms with van der Waals surface area (Å²) in [6.07, 6.45) is 6.09. The van der Waals surface area contributed by atoms with E-state index in [4.69, 9.17) is 0 Å². The van der Waals surface area contributed by atoms with Gasteiger partial charge in [0.15, 0.2) is 0 Å². The molecule has 2 aromatic heterocycles. The molecule has 0 bridgehead atoms. The second-order valence-corrected chi connectivity index (χ2v) is 5.89. The van der Waals surface area contributed by atoms with Crippen LogP contribution in [0.1, 0.15) is 12.8 Å². The molecule has 0 atom stereocenters. The number of ether oxygens (including phenoxy) is 1. The molecule has 0 unspecified atom stereocenters. The Labute approximate surface area is 139 Å². The van der Waals surface area contributed by atoms with Gasteiger partial charge in [0.05, 0.1) is 5.39 Å². The van der Waals surface area contributed by atoms with E-state index in [2.05, 4.69) is 15.0 Å². The highest BCUT2D eigenvalue weighted by Gasteiger charge is 2.18. The molecular formula is C15H13F2N3O3S. The van der Waals surface area contributed by atoms with Crippen molar-refractivity contribution < 1.29 is 18.3 Å². The number of nitrogens with one attached hydrogen (secondary N) is 1. The predicted octanol–water partition coefficient (Wildman–Crippen LogP) is 2.86. The molecule has 0 spiro atoms. The monoisotopic (exact) mass is 353 g/mol. The maximum Gasteiger partial charge on any atom is 0.387 e. The fourth-order valence-electron chi connectivity index (χ4n) is 2.32. The zero-order chi connectivity index (χ0) is 17.1. The number of aromatic nitrogens is 2. The molecule has 1 N–H and O–H groups in total. The Morgan fingerprint density at radius 3 is 2.96 bits per heavy atom. The van der Waals surface area contributed by atoms with Crippen LogP contribution in [0.25, 0.3) is 10.2 Å². The lowest BCUT2D eigenvalue weighted by atomic mass is 10.1. The summed E-state index contributed by atoms with van der Waals surface area (Å²) in [6.45, 7) is -2.93. The molecule has 6 nitrogen and oxygen atoms in total. The number of carbonyl (C=O) groups excluding carboxylic acids is 1. The number of amides is 1. The summed E-state index contributed by atoms with van der Waals surface area (Å²) >= 11 is 0.926. The molecule has 2 heterocycles. The molecule has 3 rings (SSSR count). The van der Waals surface area contributed by atoms with Gasteiger partial charge >= 0.3 is 12.6 Å². The molecule has 1 aliphatic carbocycles. The van der Waals surface area contributed by atoms with Gasteiger partial charge in [0.1, 0.15) is 10.6 Å². The van der Waals surface area contributed by atoms with Crippen LogP contribution < -0.4 is 10.9 Å². The van der Waals surface area contributed by atoms with E-state index in [1.807, 2.05) is 0 Å². The van der Waals surface area contributed by atoms with Gasteiger partial charge in [-0.15, -0.1) is 0 Å². The zero-order valence-corrected chi connectivity index (χ0v) is 13.2. The van der Waals surface area contributed by atoms with Crippen LogP contribution in [-0.2, 0) is 4.74 Å². The Hall–Kier alpha value is -2.55. The van der Waals surface area contributed by atoms with E-state index in [9.17, 15) is 18.4 Å². The lowest BCUT2D eigenvalue weighted by Gasteiger charge is -2.17. The van der Waals surface area contributed by atoms with Crippen LogP contribution in [-0.4, -0.2) is 28.1 Å². The van der Waals surface area contributed by atoms with Crippen molar-refractivity contribution in [3.05, 3.63) is 52.2 Å². The van der Waals surface area contributed by atoms with E-state index in [0.717, 1.165) is 15.5 Å². The van der Waals surface area contributed by atoms with Crippen molar-refractivity contribution >= 4 is 27.8 Å². The first kappa shape index (κ1) is 16.3. The summed E-state index contributed by atoms with van der Waals surface area (Å²) in [5.74, 6) is 0.0573. The minimum Gasteiger partial charge on any atom is -0.435 e. The summed E-state index contributed by atoms with van der Waals surface area (Å²) in [7, 11) is 0. The average molecular weight is 353 g/mol. The molecule has 0 saturated carbocycles. The third-order valence-corrected chi connectivity index (χ3v) is 4.41. The third-order valence-electron chi connectivity index (χ3n) is 3.40. The average Bonchev–Trinajstić information content (AvgIpc) is 2.91. The van der Waals surface area contributed by atoms with E-state index in [1.54, 1.807) is 24.3 Å². The Morgan fingerprint density at radius 1 is 1.42 bits per heavy atom. The van der Waals surface area contributed by atoms with Gasteiger partial charge in [0.25, 0.3) is 5.56 Å². The zero-order valence-electron chi connectivity index (χ0n) is 12.4. The minimum absolute atomic E-state index is 0.00843. The standard InChI is InChI=1S/C15H13F2N3O3S/c16-14(17)23-11-6-2-1-4-9(11)8-19-15(22)20-13(21)10-5-3-7-18-12(10)24-20/h3-7,14H,1-2,8H2,(H,19,22). The molecular weight excluding hydrogens is 340 g/mol. The topological polar surface area (TPSA) is 73.2 Å². The van der Waals surface area contributed by atoms with Crippen LogP contribution in [0.15, 0.2) is 46.6 Å². The van der Waals surface area contributed by atoms with Crippen LogP contribution in [0.3, 0.4) is 0 Å². The summed E-state index contributed by atoms with van der Waals surface area (Å²) in [4.78, 5) is 28.8. The van der Waals surface area contributed by atoms with Crippen molar-refractivity contribution in [1.82, 2.24) is 14.3 Å². The quantitative estimate of drug-likeness (QED) is 0.917. The second-order valence-electron chi connectivity index (χ2n) is 4.96. The number of carbonyl (C=O) groups is 1. The van der Waals surface area contributed by atoms with Crippen LogP contribution in [0.5, 0.6) is 0 Å². The largest absolute Gasteiger partial charge is 0.435 e. The number of nitrogens with zero attached hydrogens (tertiary/aromatic N) is 2. The highest BCUT2D eigenvalue weighted by atomic mass is 32.1. The van der Waals surface area contributed by atoms with E-state index in [0.29, 0.717) is 28.6 Å². The Bertz CT molecular complexity index is 885. The van der Waals surface area contributed by atoms with E-state index in [1.165, 1.54) is 6.20 Å². The van der Waals surface area contributed by atoms with E-state index in [-0.39, 0.29) is 12.3 Å². The van der Waals surface area contributed by atoms with Crippen molar-refractivity contribution in [1.29, 1.82) is 0 Å². The third kappa shape index (κ3) is 3.35. The fourth-order valence-corrected chi connectivity index (χ4v) is 3.19. The summed E-state index contributed by atoms with van der Waals surface area (Å²) in [5.41, 5.74) is 0.00000446. The molecule has 1 amide bonds. The molecule has 2 aromatic rings. The summed E-state index contributed by atoms with van der Waals surface area (Å²) in [6, 6.07) is 2.57. The first-order valence-electron chi connectivity index (χ1n) is 7.16. The van der Waals surface area contributed by atoms with Crippen LogP contribution in [0.4, 0.5) is 13.6 Å². The lowest BCUT2D eigenvalue weighted by molar-refractivity contribution is -0.0939. The molecule has 0 aromatic carbocycles. The van der Waals surface area contributed by atoms with Gasteiger partial charge in [-0.25, -0.2) is 9.78 Å². The molecule has 9 heteroatoms. The second kappa shape index (κ2) is 6.91. The van der Waals surface area contributed by atoms with Gasteiger partial charge < -0.3 is 10.1 Å². The lowest BCUT2D eigenvalue weighted by Crippen LogP contribution is -2.34. The van der Waals surface area contributed by atoms with Gasteiger partial charge in [0.2, 0.25) is 0 Å². The van der Waals surface area contributed by atoms with Crippen molar-refractivity contribution in [3.63, 3.8) is 0 Å². The molecule has 0 aliphatic heterocycles.